The highest BCUT2D eigenvalue weighted by atomic mass is 35.5. The topological polar surface area (TPSA) is 38.3 Å². The zero-order valence-electron chi connectivity index (χ0n) is 13.2. The van der Waals surface area contributed by atoms with E-state index in [0.717, 1.165) is 5.56 Å². The molecule has 3 aromatic rings. The molecular formula is C20H15ClFNO2. The summed E-state index contributed by atoms with van der Waals surface area (Å²) >= 11 is 6.09. The number of hydrogen-bond acceptors (Lipinski definition) is 2. The van der Waals surface area contributed by atoms with Gasteiger partial charge in [0.1, 0.15) is 18.2 Å². The van der Waals surface area contributed by atoms with Gasteiger partial charge in [-0.15, -0.1) is 0 Å². The Balaban J connectivity index is 1.59. The first-order chi connectivity index (χ1) is 12.1. The van der Waals surface area contributed by atoms with E-state index < -0.39 is 0 Å². The molecule has 0 atom stereocenters. The number of ether oxygens (including phenoxy) is 1. The molecule has 0 fully saturated rings. The molecule has 0 aliphatic rings. The van der Waals surface area contributed by atoms with E-state index in [1.165, 1.54) is 24.3 Å². The second-order valence-electron chi connectivity index (χ2n) is 5.37. The van der Waals surface area contributed by atoms with E-state index in [1.54, 1.807) is 24.3 Å². The van der Waals surface area contributed by atoms with Gasteiger partial charge >= 0.3 is 0 Å². The monoisotopic (exact) mass is 355 g/mol. The van der Waals surface area contributed by atoms with Crippen LogP contribution in [0.5, 0.6) is 5.75 Å². The van der Waals surface area contributed by atoms with Crippen LogP contribution < -0.4 is 10.1 Å². The summed E-state index contributed by atoms with van der Waals surface area (Å²) < 4.78 is 18.6. The molecular weight excluding hydrogens is 341 g/mol. The van der Waals surface area contributed by atoms with Crippen molar-refractivity contribution in [1.82, 2.24) is 0 Å². The molecule has 0 unspecified atom stereocenters. The molecule has 3 rings (SSSR count). The van der Waals surface area contributed by atoms with Gasteiger partial charge in [0.05, 0.1) is 0 Å². The van der Waals surface area contributed by atoms with Gasteiger partial charge in [0.25, 0.3) is 5.91 Å². The first-order valence-corrected chi connectivity index (χ1v) is 8.03. The molecule has 126 valence electrons. The van der Waals surface area contributed by atoms with Crippen LogP contribution in [0.1, 0.15) is 15.9 Å². The minimum atomic E-state index is -0.378. The van der Waals surface area contributed by atoms with Crippen LogP contribution in [0.3, 0.4) is 0 Å². The number of benzene rings is 3. The first-order valence-electron chi connectivity index (χ1n) is 7.65. The molecule has 3 aromatic carbocycles. The van der Waals surface area contributed by atoms with E-state index in [9.17, 15) is 9.18 Å². The molecule has 0 aliphatic heterocycles. The van der Waals surface area contributed by atoms with Crippen molar-refractivity contribution in [1.29, 1.82) is 0 Å². The molecule has 0 heterocycles. The molecule has 0 saturated carbocycles. The van der Waals surface area contributed by atoms with E-state index in [1.807, 2.05) is 24.3 Å². The highest BCUT2D eigenvalue weighted by molar-refractivity contribution is 6.31. The summed E-state index contributed by atoms with van der Waals surface area (Å²) in [6, 6.07) is 19.9. The average molecular weight is 356 g/mol. The van der Waals surface area contributed by atoms with Crippen molar-refractivity contribution in [3.05, 3.63) is 94.8 Å². The zero-order valence-corrected chi connectivity index (χ0v) is 14.0. The van der Waals surface area contributed by atoms with E-state index in [2.05, 4.69) is 5.32 Å². The summed E-state index contributed by atoms with van der Waals surface area (Å²) in [5.74, 6) is -0.0130. The van der Waals surface area contributed by atoms with Crippen LogP contribution in [0, 0.1) is 5.82 Å². The number of nitrogens with one attached hydrogen (secondary N) is 1. The molecule has 3 nitrogen and oxygen atoms in total. The fraction of sp³-hybridized carbons (Fsp3) is 0.0500. The van der Waals surface area contributed by atoms with Gasteiger partial charge in [-0.25, -0.2) is 4.39 Å². The van der Waals surface area contributed by atoms with Crippen molar-refractivity contribution >= 4 is 23.2 Å². The second kappa shape index (κ2) is 7.81. The third-order valence-corrected chi connectivity index (χ3v) is 3.94. The number of carbonyl (C=O) groups is 1. The van der Waals surface area contributed by atoms with Crippen LogP contribution in [0.15, 0.2) is 72.8 Å². The van der Waals surface area contributed by atoms with Gasteiger partial charge in [0.15, 0.2) is 0 Å². The van der Waals surface area contributed by atoms with Gasteiger partial charge in [-0.3, -0.25) is 4.79 Å². The van der Waals surface area contributed by atoms with Crippen LogP contribution in [-0.4, -0.2) is 5.91 Å². The van der Waals surface area contributed by atoms with Gasteiger partial charge in [-0.1, -0.05) is 29.8 Å². The Kier molecular flexibility index (Phi) is 5.31. The Hall–Kier alpha value is -2.85. The van der Waals surface area contributed by atoms with Gasteiger partial charge in [0.2, 0.25) is 0 Å². The summed E-state index contributed by atoms with van der Waals surface area (Å²) in [6.07, 6.45) is 0. The predicted molar refractivity (Wildman–Crippen MR) is 96.6 cm³/mol. The summed E-state index contributed by atoms with van der Waals surface area (Å²) in [7, 11) is 0. The number of carbonyl (C=O) groups excluding carboxylic acids is 1. The minimum Gasteiger partial charge on any atom is -0.489 e. The largest absolute Gasteiger partial charge is 0.489 e. The minimum absolute atomic E-state index is 0.301. The molecule has 5 heteroatoms. The Labute approximate surface area is 150 Å². The highest BCUT2D eigenvalue weighted by Gasteiger charge is 2.06. The highest BCUT2D eigenvalue weighted by Crippen LogP contribution is 2.20. The molecule has 1 amide bonds. The Morgan fingerprint density at radius 3 is 2.32 bits per heavy atom. The summed E-state index contributed by atoms with van der Waals surface area (Å²) in [6.45, 7) is 0.362. The van der Waals surface area contributed by atoms with Gasteiger partial charge in [-0.05, 0) is 54.6 Å². The fourth-order valence-electron chi connectivity index (χ4n) is 2.22. The molecule has 0 spiro atoms. The van der Waals surface area contributed by atoms with Crippen molar-refractivity contribution in [3.63, 3.8) is 0 Å². The third-order valence-electron chi connectivity index (χ3n) is 3.57. The maximum absolute atomic E-state index is 12.9. The van der Waals surface area contributed by atoms with Gasteiger partial charge < -0.3 is 10.1 Å². The molecule has 0 saturated heterocycles. The standard InChI is InChI=1S/C20H15ClFNO2/c21-19-4-2-1-3-15(19)13-25-18-11-9-17(10-12-18)23-20(24)14-5-7-16(22)8-6-14/h1-12H,13H2,(H,23,24). The van der Waals surface area contributed by atoms with Crippen LogP contribution >= 0.6 is 11.6 Å². The third kappa shape index (κ3) is 4.58. The number of halogens is 2. The number of anilines is 1. The van der Waals surface area contributed by atoms with Gasteiger partial charge in [-0.2, -0.15) is 0 Å². The number of amides is 1. The van der Waals surface area contributed by atoms with Crippen molar-refractivity contribution < 1.29 is 13.9 Å². The quantitative estimate of drug-likeness (QED) is 0.673. The lowest BCUT2D eigenvalue weighted by Crippen LogP contribution is -2.11. The zero-order chi connectivity index (χ0) is 17.6. The lowest BCUT2D eigenvalue weighted by Gasteiger charge is -2.09. The molecule has 0 radical (unpaired) electrons. The fourth-order valence-corrected chi connectivity index (χ4v) is 2.41. The van der Waals surface area contributed by atoms with Crippen LogP contribution in [0.2, 0.25) is 5.02 Å². The summed E-state index contributed by atoms with van der Waals surface area (Å²) in [5, 5.41) is 3.41. The van der Waals surface area contributed by atoms with Crippen molar-refractivity contribution in [2.75, 3.05) is 5.32 Å². The first kappa shape index (κ1) is 17.0. The van der Waals surface area contributed by atoms with Crippen molar-refractivity contribution in [2.24, 2.45) is 0 Å². The lowest BCUT2D eigenvalue weighted by atomic mass is 10.2. The number of rotatable bonds is 5. The van der Waals surface area contributed by atoms with Crippen LogP contribution in [-0.2, 0) is 6.61 Å². The smallest absolute Gasteiger partial charge is 0.255 e. The molecule has 0 aromatic heterocycles. The molecule has 25 heavy (non-hydrogen) atoms. The van der Waals surface area contributed by atoms with Gasteiger partial charge in [0, 0.05) is 21.8 Å². The molecule has 0 bridgehead atoms. The van der Waals surface area contributed by atoms with Crippen LogP contribution in [0.4, 0.5) is 10.1 Å². The Morgan fingerprint density at radius 2 is 1.64 bits per heavy atom. The number of hydrogen-bond donors (Lipinski definition) is 1. The maximum atomic E-state index is 12.9. The molecule has 1 N–H and O–H groups in total. The summed E-state index contributed by atoms with van der Waals surface area (Å²) in [4.78, 5) is 12.1. The van der Waals surface area contributed by atoms with Crippen molar-refractivity contribution in [3.8, 4) is 5.75 Å². The van der Waals surface area contributed by atoms with E-state index in [0.29, 0.717) is 28.6 Å². The maximum Gasteiger partial charge on any atom is 0.255 e. The SMILES string of the molecule is O=C(Nc1ccc(OCc2ccccc2Cl)cc1)c1ccc(F)cc1. The lowest BCUT2D eigenvalue weighted by molar-refractivity contribution is 0.102. The predicted octanol–water partition coefficient (Wildman–Crippen LogP) is 5.31. The van der Waals surface area contributed by atoms with E-state index in [-0.39, 0.29) is 11.7 Å². The Morgan fingerprint density at radius 1 is 0.960 bits per heavy atom. The average Bonchev–Trinajstić information content (AvgIpc) is 2.63. The molecule has 0 aliphatic carbocycles. The van der Waals surface area contributed by atoms with Crippen LogP contribution in [0.25, 0.3) is 0 Å². The second-order valence-corrected chi connectivity index (χ2v) is 5.77. The van der Waals surface area contributed by atoms with E-state index >= 15 is 0 Å². The summed E-state index contributed by atoms with van der Waals surface area (Å²) in [5.41, 5.74) is 1.91. The Bertz CT molecular complexity index is 864. The van der Waals surface area contributed by atoms with E-state index in [4.69, 9.17) is 16.3 Å². The normalized spacial score (nSPS) is 10.3. The van der Waals surface area contributed by atoms with Crippen molar-refractivity contribution in [2.45, 2.75) is 6.61 Å².